The number of rotatable bonds is 2. The second-order valence-corrected chi connectivity index (χ2v) is 4.01. The van der Waals surface area contributed by atoms with Gasteiger partial charge in [0.2, 0.25) is 0 Å². The number of fused-ring (bicyclic) bond motifs is 1. The van der Waals surface area contributed by atoms with Crippen LogP contribution in [-0.2, 0) is 6.18 Å². The molecule has 2 rings (SSSR count). The third-order valence-electron chi connectivity index (χ3n) is 2.87. The van der Waals surface area contributed by atoms with E-state index >= 15 is 0 Å². The summed E-state index contributed by atoms with van der Waals surface area (Å²) in [6.45, 7) is 1.33. The van der Waals surface area contributed by atoms with Gasteiger partial charge < -0.3 is 9.47 Å². The zero-order valence-electron chi connectivity index (χ0n) is 10.6. The largest absolute Gasteiger partial charge is 0.497 e. The van der Waals surface area contributed by atoms with E-state index in [1.54, 1.807) is 0 Å². The molecule has 6 heteroatoms. The molecule has 0 bridgehead atoms. The maximum Gasteiger partial charge on any atom is 0.418 e. The van der Waals surface area contributed by atoms with Crippen LogP contribution in [0.1, 0.15) is 11.3 Å². The normalized spacial score (nSPS) is 11.7. The number of aromatic nitrogens is 1. The highest BCUT2D eigenvalue weighted by Gasteiger charge is 2.35. The van der Waals surface area contributed by atoms with Crippen LogP contribution < -0.4 is 9.47 Å². The van der Waals surface area contributed by atoms with Crippen molar-refractivity contribution in [1.29, 1.82) is 0 Å². The van der Waals surface area contributed by atoms with Crippen molar-refractivity contribution in [3.05, 3.63) is 29.6 Å². The molecule has 2 aromatic rings. The Hall–Kier alpha value is -1.98. The fourth-order valence-electron chi connectivity index (χ4n) is 2.01. The van der Waals surface area contributed by atoms with E-state index < -0.39 is 11.7 Å². The fraction of sp³-hybridized carbons (Fsp3) is 0.308. The van der Waals surface area contributed by atoms with Gasteiger partial charge in [-0.05, 0) is 13.0 Å². The van der Waals surface area contributed by atoms with E-state index in [4.69, 9.17) is 9.47 Å². The van der Waals surface area contributed by atoms with Crippen LogP contribution in [0.25, 0.3) is 10.8 Å². The average molecular weight is 271 g/mol. The quantitative estimate of drug-likeness (QED) is 0.836. The van der Waals surface area contributed by atoms with Crippen molar-refractivity contribution in [2.75, 3.05) is 14.2 Å². The minimum atomic E-state index is -4.48. The summed E-state index contributed by atoms with van der Waals surface area (Å²) >= 11 is 0. The lowest BCUT2D eigenvalue weighted by atomic mass is 10.0. The Morgan fingerprint density at radius 2 is 1.74 bits per heavy atom. The first-order valence-corrected chi connectivity index (χ1v) is 5.47. The molecule has 0 N–H and O–H groups in total. The summed E-state index contributed by atoms with van der Waals surface area (Å²) in [6.07, 6.45) is -3.11. The molecule has 0 fully saturated rings. The van der Waals surface area contributed by atoms with Gasteiger partial charge in [0.25, 0.3) is 0 Å². The molecule has 102 valence electrons. The zero-order valence-corrected chi connectivity index (χ0v) is 10.6. The maximum atomic E-state index is 13.1. The standard InChI is InChI=1S/C13H12F3NO2/c1-7-12(13(14,15)16)9-4-8(18-2)5-11(19-3)10(9)6-17-7/h4-6H,1-3H3. The SMILES string of the molecule is COc1cc(OC)c2cnc(C)c(C(F)(F)F)c2c1. The number of hydrogen-bond acceptors (Lipinski definition) is 3. The van der Waals surface area contributed by atoms with E-state index in [-0.39, 0.29) is 11.1 Å². The van der Waals surface area contributed by atoms with E-state index in [9.17, 15) is 13.2 Å². The maximum absolute atomic E-state index is 13.1. The predicted octanol–water partition coefficient (Wildman–Crippen LogP) is 3.58. The Bertz CT molecular complexity index is 623. The summed E-state index contributed by atoms with van der Waals surface area (Å²) in [6, 6.07) is 2.87. The number of pyridine rings is 1. The van der Waals surface area contributed by atoms with Gasteiger partial charge in [0.15, 0.2) is 0 Å². The van der Waals surface area contributed by atoms with E-state index in [0.29, 0.717) is 16.9 Å². The first-order chi connectivity index (χ1) is 8.88. The van der Waals surface area contributed by atoms with E-state index in [0.717, 1.165) is 0 Å². The van der Waals surface area contributed by atoms with Crippen LogP contribution in [-0.4, -0.2) is 19.2 Å². The topological polar surface area (TPSA) is 31.4 Å². The number of alkyl halides is 3. The second kappa shape index (κ2) is 4.60. The first-order valence-electron chi connectivity index (χ1n) is 5.47. The van der Waals surface area contributed by atoms with Crippen molar-refractivity contribution in [3.63, 3.8) is 0 Å². The predicted molar refractivity (Wildman–Crippen MR) is 64.6 cm³/mol. The number of nitrogens with zero attached hydrogens (tertiary/aromatic N) is 1. The van der Waals surface area contributed by atoms with Crippen LogP contribution in [0.2, 0.25) is 0 Å². The summed E-state index contributed by atoms with van der Waals surface area (Å²) in [7, 11) is 2.78. The number of halogens is 3. The average Bonchev–Trinajstić information content (AvgIpc) is 2.35. The Morgan fingerprint density at radius 1 is 1.05 bits per heavy atom. The molecule has 0 saturated carbocycles. The Labute approximate surface area is 108 Å². The van der Waals surface area contributed by atoms with Crippen molar-refractivity contribution < 1.29 is 22.6 Å². The van der Waals surface area contributed by atoms with Crippen molar-refractivity contribution in [2.45, 2.75) is 13.1 Å². The summed E-state index contributed by atoms with van der Waals surface area (Å²) in [5, 5.41) is 0.331. The monoisotopic (exact) mass is 271 g/mol. The van der Waals surface area contributed by atoms with Crippen LogP contribution in [0, 0.1) is 6.92 Å². The lowest BCUT2D eigenvalue weighted by molar-refractivity contribution is -0.137. The number of hydrogen-bond donors (Lipinski definition) is 0. The molecule has 1 heterocycles. The van der Waals surface area contributed by atoms with E-state index in [2.05, 4.69) is 4.98 Å². The highest BCUT2D eigenvalue weighted by atomic mass is 19.4. The van der Waals surface area contributed by atoms with Crippen molar-refractivity contribution in [3.8, 4) is 11.5 Å². The third-order valence-corrected chi connectivity index (χ3v) is 2.87. The summed E-state index contributed by atoms with van der Waals surface area (Å²) in [5.74, 6) is 0.604. The van der Waals surface area contributed by atoms with Crippen LogP contribution in [0.5, 0.6) is 11.5 Å². The Balaban J connectivity index is 2.91. The van der Waals surface area contributed by atoms with Crippen molar-refractivity contribution in [2.24, 2.45) is 0 Å². The van der Waals surface area contributed by atoms with E-state index in [1.165, 1.54) is 39.5 Å². The molecule has 1 aromatic heterocycles. The fourth-order valence-corrected chi connectivity index (χ4v) is 2.01. The molecule has 0 atom stereocenters. The molecule has 0 aliphatic heterocycles. The molecule has 19 heavy (non-hydrogen) atoms. The molecule has 0 radical (unpaired) electrons. The van der Waals surface area contributed by atoms with Crippen molar-refractivity contribution >= 4 is 10.8 Å². The molecule has 3 nitrogen and oxygen atoms in total. The molecule has 0 spiro atoms. The molecule has 0 saturated heterocycles. The first kappa shape index (κ1) is 13.5. The minimum absolute atomic E-state index is 0.0243. The smallest absolute Gasteiger partial charge is 0.418 e. The summed E-state index contributed by atoms with van der Waals surface area (Å²) in [4.78, 5) is 3.80. The molecule has 0 unspecified atom stereocenters. The zero-order chi connectivity index (χ0) is 14.2. The van der Waals surface area contributed by atoms with Gasteiger partial charge >= 0.3 is 6.18 Å². The molecule has 0 aliphatic rings. The highest BCUT2D eigenvalue weighted by Crippen LogP contribution is 2.40. The van der Waals surface area contributed by atoms with Crippen LogP contribution in [0.4, 0.5) is 13.2 Å². The lowest BCUT2D eigenvalue weighted by Gasteiger charge is -2.15. The minimum Gasteiger partial charge on any atom is -0.497 e. The summed E-state index contributed by atoms with van der Waals surface area (Å²) < 4.78 is 49.5. The Morgan fingerprint density at radius 3 is 2.26 bits per heavy atom. The number of benzene rings is 1. The summed E-state index contributed by atoms with van der Waals surface area (Å²) in [5.41, 5.74) is -0.836. The van der Waals surface area contributed by atoms with Crippen LogP contribution >= 0.6 is 0 Å². The van der Waals surface area contributed by atoms with Crippen LogP contribution in [0.3, 0.4) is 0 Å². The molecule has 0 amide bonds. The van der Waals surface area contributed by atoms with Crippen molar-refractivity contribution in [1.82, 2.24) is 4.98 Å². The van der Waals surface area contributed by atoms with Gasteiger partial charge in [0, 0.05) is 23.0 Å². The van der Waals surface area contributed by atoms with Gasteiger partial charge in [-0.2, -0.15) is 13.2 Å². The molecular formula is C13H12F3NO2. The second-order valence-electron chi connectivity index (χ2n) is 4.01. The number of ether oxygens (including phenoxy) is 2. The van der Waals surface area contributed by atoms with Gasteiger partial charge in [0.05, 0.1) is 25.5 Å². The van der Waals surface area contributed by atoms with Gasteiger partial charge in [-0.3, -0.25) is 4.98 Å². The van der Waals surface area contributed by atoms with Gasteiger partial charge in [-0.15, -0.1) is 0 Å². The Kier molecular flexibility index (Phi) is 3.26. The third kappa shape index (κ3) is 2.30. The molecule has 0 aliphatic carbocycles. The van der Waals surface area contributed by atoms with Gasteiger partial charge in [-0.1, -0.05) is 0 Å². The van der Waals surface area contributed by atoms with Crippen LogP contribution in [0.15, 0.2) is 18.3 Å². The van der Waals surface area contributed by atoms with Gasteiger partial charge in [0.1, 0.15) is 11.5 Å². The molecular weight excluding hydrogens is 259 g/mol. The van der Waals surface area contributed by atoms with E-state index in [1.807, 2.05) is 0 Å². The highest BCUT2D eigenvalue weighted by molar-refractivity contribution is 5.92. The number of aryl methyl sites for hydroxylation is 1. The van der Waals surface area contributed by atoms with Gasteiger partial charge in [-0.25, -0.2) is 0 Å². The lowest BCUT2D eigenvalue weighted by Crippen LogP contribution is -2.10. The molecule has 1 aromatic carbocycles. The number of methoxy groups -OCH3 is 2.